The lowest BCUT2D eigenvalue weighted by molar-refractivity contribution is -0.133. The van der Waals surface area contributed by atoms with Crippen molar-refractivity contribution in [2.75, 3.05) is 0 Å². The molecule has 7 heteroatoms. The highest BCUT2D eigenvalue weighted by molar-refractivity contribution is 9.10. The standard InChI is InChI=1S/C6H10BrN3O3/c1-2(7)6(13)10-3(4(8)11)5(9)12/h2-3H,1H3,(H2,8,11)(H2,9,12)(H,10,13). The zero-order valence-electron chi connectivity index (χ0n) is 6.91. The van der Waals surface area contributed by atoms with Crippen molar-refractivity contribution in [1.29, 1.82) is 0 Å². The molecule has 0 aromatic heterocycles. The summed E-state index contributed by atoms with van der Waals surface area (Å²) in [7, 11) is 0. The van der Waals surface area contributed by atoms with E-state index in [-0.39, 0.29) is 0 Å². The summed E-state index contributed by atoms with van der Waals surface area (Å²) in [5, 5.41) is 2.08. The van der Waals surface area contributed by atoms with E-state index in [1.165, 1.54) is 6.92 Å². The van der Waals surface area contributed by atoms with Gasteiger partial charge in [0, 0.05) is 0 Å². The molecule has 1 unspecified atom stereocenters. The molecule has 0 aliphatic heterocycles. The van der Waals surface area contributed by atoms with Gasteiger partial charge in [0.1, 0.15) is 0 Å². The van der Waals surface area contributed by atoms with E-state index in [9.17, 15) is 14.4 Å². The molecular formula is C6H10BrN3O3. The van der Waals surface area contributed by atoms with Crippen LogP contribution in [0.1, 0.15) is 6.92 Å². The third kappa shape index (κ3) is 3.88. The molecule has 0 aromatic carbocycles. The lowest BCUT2D eigenvalue weighted by Gasteiger charge is -2.12. The maximum absolute atomic E-state index is 11.0. The van der Waals surface area contributed by atoms with Gasteiger partial charge in [-0.05, 0) is 6.92 Å². The van der Waals surface area contributed by atoms with E-state index < -0.39 is 28.6 Å². The normalized spacial score (nSPS) is 12.2. The van der Waals surface area contributed by atoms with Gasteiger partial charge in [-0.1, -0.05) is 15.9 Å². The summed E-state index contributed by atoms with van der Waals surface area (Å²) in [6, 6.07) is -1.45. The highest BCUT2D eigenvalue weighted by Crippen LogP contribution is 1.97. The van der Waals surface area contributed by atoms with Gasteiger partial charge in [0.15, 0.2) is 6.04 Å². The molecule has 0 bridgehead atoms. The van der Waals surface area contributed by atoms with E-state index in [4.69, 9.17) is 11.5 Å². The summed E-state index contributed by atoms with van der Waals surface area (Å²) in [5.41, 5.74) is 9.63. The van der Waals surface area contributed by atoms with Gasteiger partial charge in [0.25, 0.3) is 0 Å². The van der Waals surface area contributed by atoms with Crippen LogP contribution in [0.15, 0.2) is 0 Å². The molecule has 0 heterocycles. The van der Waals surface area contributed by atoms with Crippen molar-refractivity contribution >= 4 is 33.7 Å². The molecule has 5 N–H and O–H groups in total. The zero-order chi connectivity index (χ0) is 10.6. The zero-order valence-corrected chi connectivity index (χ0v) is 8.50. The minimum atomic E-state index is -1.45. The van der Waals surface area contributed by atoms with Crippen molar-refractivity contribution in [2.45, 2.75) is 17.8 Å². The Morgan fingerprint density at radius 3 is 1.85 bits per heavy atom. The second-order valence-corrected chi connectivity index (χ2v) is 3.74. The molecule has 0 saturated carbocycles. The van der Waals surface area contributed by atoms with Gasteiger partial charge >= 0.3 is 0 Å². The number of carbonyl (C=O) groups is 3. The highest BCUT2D eigenvalue weighted by Gasteiger charge is 2.24. The van der Waals surface area contributed by atoms with E-state index >= 15 is 0 Å². The smallest absolute Gasteiger partial charge is 0.249 e. The van der Waals surface area contributed by atoms with Crippen LogP contribution in [0.5, 0.6) is 0 Å². The molecule has 74 valence electrons. The molecule has 0 fully saturated rings. The largest absolute Gasteiger partial charge is 0.367 e. The van der Waals surface area contributed by atoms with Crippen LogP contribution in [0.3, 0.4) is 0 Å². The van der Waals surface area contributed by atoms with Crippen LogP contribution in [0.2, 0.25) is 0 Å². The van der Waals surface area contributed by atoms with Crippen LogP contribution >= 0.6 is 15.9 Å². The van der Waals surface area contributed by atoms with Gasteiger partial charge in [-0.3, -0.25) is 14.4 Å². The number of hydrogen-bond acceptors (Lipinski definition) is 3. The molecule has 6 nitrogen and oxygen atoms in total. The summed E-state index contributed by atoms with van der Waals surface area (Å²) in [5.74, 6) is -2.48. The third-order valence-corrected chi connectivity index (χ3v) is 1.63. The average Bonchev–Trinajstić information content (AvgIpc) is 1.97. The molecule has 0 aromatic rings. The molecular weight excluding hydrogens is 242 g/mol. The predicted molar refractivity (Wildman–Crippen MR) is 48.7 cm³/mol. The predicted octanol–water partition coefficient (Wildman–Crippen LogP) is -1.77. The number of primary amides is 2. The van der Waals surface area contributed by atoms with E-state index in [2.05, 4.69) is 21.2 Å². The fourth-order valence-corrected chi connectivity index (χ4v) is 0.672. The molecule has 0 radical (unpaired) electrons. The van der Waals surface area contributed by atoms with Gasteiger partial charge in [-0.15, -0.1) is 0 Å². The van der Waals surface area contributed by atoms with E-state index in [1.807, 2.05) is 0 Å². The quantitative estimate of drug-likeness (QED) is 0.406. The minimum Gasteiger partial charge on any atom is -0.367 e. The summed E-state index contributed by atoms with van der Waals surface area (Å²) >= 11 is 2.95. The van der Waals surface area contributed by atoms with Crippen LogP contribution in [-0.4, -0.2) is 28.6 Å². The number of rotatable bonds is 4. The molecule has 0 aliphatic rings. The van der Waals surface area contributed by atoms with Crippen LogP contribution in [0.4, 0.5) is 0 Å². The van der Waals surface area contributed by atoms with E-state index in [0.717, 1.165) is 0 Å². The molecule has 3 amide bonds. The number of nitrogens with two attached hydrogens (primary N) is 2. The SMILES string of the molecule is CC(Br)C(=O)NC(C(N)=O)C(N)=O. The molecule has 0 spiro atoms. The van der Waals surface area contributed by atoms with E-state index in [1.54, 1.807) is 0 Å². The Labute approximate surface area is 83.1 Å². The Bertz CT molecular complexity index is 227. The molecule has 13 heavy (non-hydrogen) atoms. The van der Waals surface area contributed by atoms with E-state index in [0.29, 0.717) is 0 Å². The van der Waals surface area contributed by atoms with Crippen LogP contribution < -0.4 is 16.8 Å². The summed E-state index contributed by atoms with van der Waals surface area (Å²) in [6.07, 6.45) is 0. The van der Waals surface area contributed by atoms with Gasteiger partial charge < -0.3 is 16.8 Å². The number of nitrogens with one attached hydrogen (secondary N) is 1. The van der Waals surface area contributed by atoms with Crippen molar-refractivity contribution in [3.63, 3.8) is 0 Å². The van der Waals surface area contributed by atoms with Gasteiger partial charge in [0.2, 0.25) is 17.7 Å². The number of hydrogen-bond donors (Lipinski definition) is 3. The first-order valence-electron chi connectivity index (χ1n) is 3.39. The van der Waals surface area contributed by atoms with Crippen molar-refractivity contribution in [3.05, 3.63) is 0 Å². The summed E-state index contributed by atoms with van der Waals surface area (Å²) < 4.78 is 0. The Kier molecular flexibility index (Phi) is 4.39. The monoisotopic (exact) mass is 251 g/mol. The number of alkyl halides is 1. The van der Waals surface area contributed by atoms with Crippen molar-refractivity contribution in [2.24, 2.45) is 11.5 Å². The lowest BCUT2D eigenvalue weighted by Crippen LogP contribution is -2.53. The fourth-order valence-electron chi connectivity index (χ4n) is 0.540. The first-order valence-corrected chi connectivity index (χ1v) is 4.31. The van der Waals surface area contributed by atoms with Gasteiger partial charge in [0.05, 0.1) is 4.83 Å². The number of halogens is 1. The number of amides is 3. The van der Waals surface area contributed by atoms with Crippen LogP contribution in [-0.2, 0) is 14.4 Å². The fraction of sp³-hybridized carbons (Fsp3) is 0.500. The topological polar surface area (TPSA) is 115 Å². The van der Waals surface area contributed by atoms with Crippen LogP contribution in [0, 0.1) is 0 Å². The minimum absolute atomic E-state index is 0.520. The lowest BCUT2D eigenvalue weighted by atomic mass is 10.2. The third-order valence-electron chi connectivity index (χ3n) is 1.22. The van der Waals surface area contributed by atoms with Gasteiger partial charge in [-0.25, -0.2) is 0 Å². The number of carbonyl (C=O) groups excluding carboxylic acids is 3. The Morgan fingerprint density at radius 2 is 1.62 bits per heavy atom. The first-order chi connectivity index (χ1) is 5.86. The average molecular weight is 252 g/mol. The maximum atomic E-state index is 11.0. The van der Waals surface area contributed by atoms with Crippen LogP contribution in [0.25, 0.3) is 0 Å². The Balaban J connectivity index is 4.36. The highest BCUT2D eigenvalue weighted by atomic mass is 79.9. The molecule has 0 saturated heterocycles. The second-order valence-electron chi connectivity index (χ2n) is 2.36. The molecule has 1 atom stereocenters. The summed E-state index contributed by atoms with van der Waals surface area (Å²) in [4.78, 5) is 31.6. The first kappa shape index (κ1) is 11.9. The van der Waals surface area contributed by atoms with Crippen molar-refractivity contribution in [3.8, 4) is 0 Å². The summed E-state index contributed by atoms with van der Waals surface area (Å²) in [6.45, 7) is 1.54. The maximum Gasteiger partial charge on any atom is 0.249 e. The van der Waals surface area contributed by atoms with Crippen molar-refractivity contribution < 1.29 is 14.4 Å². The van der Waals surface area contributed by atoms with Crippen molar-refractivity contribution in [1.82, 2.24) is 5.32 Å². The second kappa shape index (κ2) is 4.80. The van der Waals surface area contributed by atoms with Gasteiger partial charge in [-0.2, -0.15) is 0 Å². The Hall–Kier alpha value is -1.11. The Morgan fingerprint density at radius 1 is 1.23 bits per heavy atom. The molecule has 0 rings (SSSR count). The molecule has 0 aliphatic carbocycles.